The second kappa shape index (κ2) is 7.57. The molecule has 0 aliphatic carbocycles. The highest BCUT2D eigenvalue weighted by Gasteiger charge is 2.17. The van der Waals surface area contributed by atoms with Crippen molar-refractivity contribution in [2.45, 2.75) is 31.9 Å². The molecular formula is C17H20N2S2. The van der Waals surface area contributed by atoms with Crippen LogP contribution in [-0.2, 0) is 0 Å². The summed E-state index contributed by atoms with van der Waals surface area (Å²) in [4.78, 5) is 5.42. The van der Waals surface area contributed by atoms with Gasteiger partial charge in [0.15, 0.2) is 0 Å². The van der Waals surface area contributed by atoms with Crippen molar-refractivity contribution >= 4 is 35.4 Å². The van der Waals surface area contributed by atoms with Crippen LogP contribution in [0.2, 0.25) is 0 Å². The summed E-state index contributed by atoms with van der Waals surface area (Å²) >= 11 is 3.37. The Bertz CT molecular complexity index is 599. The Morgan fingerprint density at radius 1 is 1.33 bits per heavy atom. The standard InChI is InChI=1S/C17H20N2S2/c1-4-17(2,3)21-16(8-7-15-12-19-20-13-15)10-14-6-5-9-18-11-14/h5-13H,4H2,1-3H3/b8-7-,16-10-. The van der Waals surface area contributed by atoms with Crippen molar-refractivity contribution < 1.29 is 0 Å². The largest absolute Gasteiger partial charge is 0.264 e. The summed E-state index contributed by atoms with van der Waals surface area (Å²) < 4.78 is 4.34. The third-order valence-corrected chi connectivity index (χ3v) is 5.07. The average Bonchev–Trinajstić information content (AvgIpc) is 2.99. The van der Waals surface area contributed by atoms with E-state index in [2.05, 4.69) is 54.4 Å². The summed E-state index contributed by atoms with van der Waals surface area (Å²) in [6.07, 6.45) is 13.2. The number of nitrogens with zero attached hydrogens (tertiary/aromatic N) is 2. The second-order valence-electron chi connectivity index (χ2n) is 5.34. The maximum atomic E-state index is 4.18. The molecule has 2 aromatic heterocycles. The fraction of sp³-hybridized carbons (Fsp3) is 0.294. The van der Waals surface area contributed by atoms with Gasteiger partial charge in [0, 0.05) is 39.2 Å². The van der Waals surface area contributed by atoms with E-state index in [9.17, 15) is 0 Å². The van der Waals surface area contributed by atoms with Crippen molar-refractivity contribution in [3.8, 4) is 0 Å². The van der Waals surface area contributed by atoms with Gasteiger partial charge >= 0.3 is 0 Å². The predicted molar refractivity (Wildman–Crippen MR) is 95.3 cm³/mol. The minimum atomic E-state index is 0.214. The van der Waals surface area contributed by atoms with E-state index < -0.39 is 0 Å². The van der Waals surface area contributed by atoms with Crippen LogP contribution < -0.4 is 0 Å². The normalized spacial score (nSPS) is 13.0. The van der Waals surface area contributed by atoms with E-state index in [1.807, 2.05) is 35.6 Å². The zero-order valence-corrected chi connectivity index (χ0v) is 14.2. The van der Waals surface area contributed by atoms with E-state index in [4.69, 9.17) is 0 Å². The van der Waals surface area contributed by atoms with Gasteiger partial charge in [-0.1, -0.05) is 32.9 Å². The van der Waals surface area contributed by atoms with Crippen LogP contribution in [0.5, 0.6) is 0 Å². The molecule has 21 heavy (non-hydrogen) atoms. The molecule has 0 aliphatic rings. The molecule has 0 radical (unpaired) electrons. The molecule has 2 aromatic rings. The predicted octanol–water partition coefficient (Wildman–Crippen LogP) is 5.51. The number of pyridine rings is 1. The SMILES string of the molecule is CCC(C)(C)SC(/C=C\c1cnsc1)=C\c1cccnc1. The molecule has 2 rings (SSSR count). The van der Waals surface area contributed by atoms with Crippen molar-refractivity contribution in [3.63, 3.8) is 0 Å². The number of rotatable bonds is 6. The van der Waals surface area contributed by atoms with E-state index in [0.717, 1.165) is 17.5 Å². The smallest absolute Gasteiger partial charge is 0.0479 e. The first-order valence-corrected chi connectivity index (χ1v) is 8.62. The van der Waals surface area contributed by atoms with Crippen molar-refractivity contribution in [2.75, 3.05) is 0 Å². The lowest BCUT2D eigenvalue weighted by molar-refractivity contribution is 0.687. The van der Waals surface area contributed by atoms with Crippen LogP contribution in [0, 0.1) is 0 Å². The summed E-state index contributed by atoms with van der Waals surface area (Å²) in [5, 5.41) is 2.05. The van der Waals surface area contributed by atoms with Crippen LogP contribution >= 0.6 is 23.3 Å². The van der Waals surface area contributed by atoms with Crippen LogP contribution in [0.3, 0.4) is 0 Å². The molecule has 0 aliphatic heterocycles. The molecule has 0 unspecified atom stereocenters. The lowest BCUT2D eigenvalue weighted by Crippen LogP contribution is -2.12. The van der Waals surface area contributed by atoms with Gasteiger partial charge in [0.1, 0.15) is 0 Å². The van der Waals surface area contributed by atoms with Crippen LogP contribution in [0.4, 0.5) is 0 Å². The summed E-state index contributed by atoms with van der Waals surface area (Å²) in [5.74, 6) is 0. The highest BCUT2D eigenvalue weighted by molar-refractivity contribution is 8.04. The first-order chi connectivity index (χ1) is 10.1. The Morgan fingerprint density at radius 3 is 2.81 bits per heavy atom. The fourth-order valence-electron chi connectivity index (χ4n) is 1.60. The zero-order valence-electron chi connectivity index (χ0n) is 12.6. The molecule has 2 nitrogen and oxygen atoms in total. The second-order valence-corrected chi connectivity index (χ2v) is 7.78. The average molecular weight is 316 g/mol. The van der Waals surface area contributed by atoms with Crippen molar-refractivity contribution in [3.05, 3.63) is 58.2 Å². The van der Waals surface area contributed by atoms with E-state index in [1.54, 1.807) is 6.20 Å². The topological polar surface area (TPSA) is 25.8 Å². The Kier molecular flexibility index (Phi) is 5.76. The Morgan fingerprint density at radius 2 is 2.19 bits per heavy atom. The summed E-state index contributed by atoms with van der Waals surface area (Å²) in [6, 6.07) is 4.04. The lowest BCUT2D eigenvalue weighted by atomic mass is 10.1. The molecule has 0 spiro atoms. The minimum absolute atomic E-state index is 0.214. The number of aromatic nitrogens is 2. The van der Waals surface area contributed by atoms with E-state index in [1.165, 1.54) is 16.4 Å². The Labute approximate surface area is 135 Å². The van der Waals surface area contributed by atoms with Crippen molar-refractivity contribution in [2.24, 2.45) is 0 Å². The lowest BCUT2D eigenvalue weighted by Gasteiger charge is -2.22. The maximum absolute atomic E-state index is 4.18. The number of thioether (sulfide) groups is 1. The number of hydrogen-bond donors (Lipinski definition) is 0. The van der Waals surface area contributed by atoms with Gasteiger partial charge in [0.2, 0.25) is 0 Å². The maximum Gasteiger partial charge on any atom is 0.0479 e. The van der Waals surface area contributed by atoms with Gasteiger partial charge in [-0.3, -0.25) is 4.98 Å². The molecule has 0 bridgehead atoms. The first kappa shape index (κ1) is 16.0. The molecule has 0 atom stereocenters. The number of allylic oxidation sites excluding steroid dienone is 1. The molecule has 110 valence electrons. The van der Waals surface area contributed by atoms with Gasteiger partial charge in [-0.25, -0.2) is 4.37 Å². The zero-order chi connectivity index (χ0) is 15.1. The van der Waals surface area contributed by atoms with Crippen LogP contribution in [0.15, 0.2) is 47.1 Å². The van der Waals surface area contributed by atoms with E-state index in [-0.39, 0.29) is 4.75 Å². The molecule has 4 heteroatoms. The van der Waals surface area contributed by atoms with Gasteiger partial charge < -0.3 is 0 Å². The van der Waals surface area contributed by atoms with Gasteiger partial charge in [-0.15, -0.1) is 11.8 Å². The molecule has 2 heterocycles. The molecule has 0 saturated carbocycles. The van der Waals surface area contributed by atoms with E-state index in [0.29, 0.717) is 0 Å². The summed E-state index contributed by atoms with van der Waals surface area (Å²) in [5.41, 5.74) is 2.27. The summed E-state index contributed by atoms with van der Waals surface area (Å²) in [7, 11) is 0. The third-order valence-electron chi connectivity index (χ3n) is 3.13. The molecule has 0 amide bonds. The van der Waals surface area contributed by atoms with Crippen LogP contribution in [0.25, 0.3) is 12.2 Å². The Hall–Kier alpha value is -1.39. The van der Waals surface area contributed by atoms with E-state index >= 15 is 0 Å². The third kappa shape index (κ3) is 5.48. The number of hydrogen-bond acceptors (Lipinski definition) is 4. The van der Waals surface area contributed by atoms with Crippen LogP contribution in [-0.4, -0.2) is 14.1 Å². The van der Waals surface area contributed by atoms with Gasteiger partial charge in [-0.2, -0.15) is 0 Å². The minimum Gasteiger partial charge on any atom is -0.264 e. The highest BCUT2D eigenvalue weighted by atomic mass is 32.2. The first-order valence-electron chi connectivity index (χ1n) is 6.97. The van der Waals surface area contributed by atoms with Gasteiger partial charge in [0.05, 0.1) is 0 Å². The van der Waals surface area contributed by atoms with Crippen molar-refractivity contribution in [1.29, 1.82) is 0 Å². The Balaban J connectivity index is 2.24. The monoisotopic (exact) mass is 316 g/mol. The van der Waals surface area contributed by atoms with Crippen molar-refractivity contribution in [1.82, 2.24) is 9.36 Å². The molecular weight excluding hydrogens is 296 g/mol. The van der Waals surface area contributed by atoms with Crippen LogP contribution in [0.1, 0.15) is 38.3 Å². The molecule has 0 fully saturated rings. The van der Waals surface area contributed by atoms with Gasteiger partial charge in [-0.05, 0) is 41.7 Å². The summed E-state index contributed by atoms with van der Waals surface area (Å²) in [6.45, 7) is 6.77. The quantitative estimate of drug-likeness (QED) is 0.657. The fourth-order valence-corrected chi connectivity index (χ4v) is 3.22. The molecule has 0 aromatic carbocycles. The van der Waals surface area contributed by atoms with Gasteiger partial charge in [0.25, 0.3) is 0 Å². The molecule has 0 saturated heterocycles. The highest BCUT2D eigenvalue weighted by Crippen LogP contribution is 2.36. The molecule has 0 N–H and O–H groups in total.